The summed E-state index contributed by atoms with van der Waals surface area (Å²) in [5, 5.41) is 13.9. The van der Waals surface area contributed by atoms with Crippen molar-refractivity contribution in [3.05, 3.63) is 100 Å². The maximum atomic E-state index is 13.6. The van der Waals surface area contributed by atoms with Gasteiger partial charge in [-0.1, -0.05) is 6.07 Å². The summed E-state index contributed by atoms with van der Waals surface area (Å²) in [4.78, 5) is 39.1. The fourth-order valence-corrected chi connectivity index (χ4v) is 4.12. The first-order chi connectivity index (χ1) is 16.5. The Bertz CT molecular complexity index is 1450. The number of pyridine rings is 1. The van der Waals surface area contributed by atoms with Crippen molar-refractivity contribution < 1.29 is 19.4 Å². The molecule has 0 radical (unpaired) electrons. The summed E-state index contributed by atoms with van der Waals surface area (Å²) >= 11 is 0. The molecule has 0 saturated carbocycles. The smallest absolute Gasteiger partial charge is 0.356 e. The lowest BCUT2D eigenvalue weighted by Gasteiger charge is -2.28. The molecule has 0 aliphatic carbocycles. The molecule has 9 nitrogen and oxygen atoms in total. The number of ether oxygens (including phenoxy) is 1. The molecule has 2 aromatic heterocycles. The van der Waals surface area contributed by atoms with Crippen LogP contribution in [0.15, 0.2) is 77.7 Å². The first kappa shape index (κ1) is 21.2. The van der Waals surface area contributed by atoms with E-state index in [1.54, 1.807) is 78.9 Å². The molecule has 0 saturated heterocycles. The highest BCUT2D eigenvalue weighted by Gasteiger charge is 2.35. The van der Waals surface area contributed by atoms with Crippen LogP contribution in [0.2, 0.25) is 0 Å². The number of anilines is 1. The highest BCUT2D eigenvalue weighted by atomic mass is 16.5. The number of fused-ring (bicyclic) bond motifs is 1. The molecule has 9 heteroatoms. The van der Waals surface area contributed by atoms with Gasteiger partial charge in [0.1, 0.15) is 11.4 Å². The van der Waals surface area contributed by atoms with Crippen LogP contribution in [-0.2, 0) is 6.42 Å². The summed E-state index contributed by atoms with van der Waals surface area (Å²) in [6.07, 6.45) is 2.02. The van der Waals surface area contributed by atoms with Crippen LogP contribution in [0.1, 0.15) is 26.5 Å². The molecular formula is C25H20N4O5. The van der Waals surface area contributed by atoms with Gasteiger partial charge in [-0.25, -0.2) is 9.48 Å². The number of carbonyl (C=O) groups excluding carboxylic acids is 1. The number of hydrogen-bond acceptors (Lipinski definition) is 5. The van der Waals surface area contributed by atoms with Crippen LogP contribution >= 0.6 is 0 Å². The molecule has 0 unspecified atom stereocenters. The molecule has 34 heavy (non-hydrogen) atoms. The van der Waals surface area contributed by atoms with E-state index in [4.69, 9.17) is 4.74 Å². The summed E-state index contributed by atoms with van der Waals surface area (Å²) in [6.45, 7) is 0.311. The minimum atomic E-state index is -1.18. The molecule has 1 aliphatic rings. The van der Waals surface area contributed by atoms with Gasteiger partial charge in [0.05, 0.1) is 12.8 Å². The lowest BCUT2D eigenvalue weighted by molar-refractivity contribution is 0.0688. The van der Waals surface area contributed by atoms with Gasteiger partial charge in [-0.2, -0.15) is 5.10 Å². The third-order valence-corrected chi connectivity index (χ3v) is 5.80. The SMILES string of the molecule is COc1ccc(-n2nc(C(=O)O)c3c2C(=O)N(c2ccc(-n4ccccc4=O)cc2)CC3)cc1. The summed E-state index contributed by atoms with van der Waals surface area (Å²) in [7, 11) is 1.55. The van der Waals surface area contributed by atoms with E-state index in [1.165, 1.54) is 15.3 Å². The average molecular weight is 456 g/mol. The zero-order chi connectivity index (χ0) is 23.8. The third kappa shape index (κ3) is 3.53. The number of nitrogens with zero attached hydrogens (tertiary/aromatic N) is 4. The summed E-state index contributed by atoms with van der Waals surface area (Å²) in [5.74, 6) is -0.891. The van der Waals surface area contributed by atoms with Gasteiger partial charge in [0.15, 0.2) is 5.69 Å². The number of aromatic nitrogens is 3. The lowest BCUT2D eigenvalue weighted by Crippen LogP contribution is -2.39. The maximum Gasteiger partial charge on any atom is 0.356 e. The van der Waals surface area contributed by atoms with E-state index >= 15 is 0 Å². The van der Waals surface area contributed by atoms with Crippen molar-refractivity contribution in [2.24, 2.45) is 0 Å². The average Bonchev–Trinajstić information content (AvgIpc) is 3.26. The molecule has 170 valence electrons. The number of amides is 1. The summed E-state index contributed by atoms with van der Waals surface area (Å²) < 4.78 is 8.08. The van der Waals surface area contributed by atoms with Crippen LogP contribution in [-0.4, -0.2) is 45.0 Å². The predicted molar refractivity (Wildman–Crippen MR) is 124 cm³/mol. The molecule has 5 rings (SSSR count). The van der Waals surface area contributed by atoms with Gasteiger partial charge in [-0.05, 0) is 61.0 Å². The van der Waals surface area contributed by atoms with Gasteiger partial charge >= 0.3 is 5.97 Å². The number of carboxylic acid groups (broad SMARTS) is 1. The fourth-order valence-electron chi connectivity index (χ4n) is 4.12. The Morgan fingerprint density at radius 2 is 1.62 bits per heavy atom. The third-order valence-electron chi connectivity index (χ3n) is 5.80. The van der Waals surface area contributed by atoms with E-state index in [9.17, 15) is 19.5 Å². The molecule has 1 aliphatic heterocycles. The second-order valence-electron chi connectivity index (χ2n) is 7.72. The van der Waals surface area contributed by atoms with Crippen LogP contribution in [0, 0.1) is 0 Å². The Kier molecular flexibility index (Phi) is 5.21. The largest absolute Gasteiger partial charge is 0.497 e. The van der Waals surface area contributed by atoms with Crippen LogP contribution in [0.3, 0.4) is 0 Å². The number of carboxylic acids is 1. The van der Waals surface area contributed by atoms with E-state index in [-0.39, 0.29) is 22.9 Å². The topological polar surface area (TPSA) is 107 Å². The van der Waals surface area contributed by atoms with Crippen molar-refractivity contribution in [1.29, 1.82) is 0 Å². The van der Waals surface area contributed by atoms with Gasteiger partial charge in [-0.15, -0.1) is 0 Å². The van der Waals surface area contributed by atoms with Crippen LogP contribution in [0.25, 0.3) is 11.4 Å². The monoisotopic (exact) mass is 456 g/mol. The Morgan fingerprint density at radius 1 is 0.941 bits per heavy atom. The second-order valence-corrected chi connectivity index (χ2v) is 7.72. The van der Waals surface area contributed by atoms with Crippen LogP contribution in [0.4, 0.5) is 5.69 Å². The van der Waals surface area contributed by atoms with Gasteiger partial charge in [0.25, 0.3) is 11.5 Å². The van der Waals surface area contributed by atoms with Crippen molar-refractivity contribution in [2.75, 3.05) is 18.6 Å². The maximum absolute atomic E-state index is 13.6. The molecule has 2 aromatic carbocycles. The van der Waals surface area contributed by atoms with Crippen molar-refractivity contribution in [1.82, 2.24) is 14.3 Å². The number of carbonyl (C=O) groups is 2. The minimum absolute atomic E-state index is 0.127. The van der Waals surface area contributed by atoms with E-state index in [1.807, 2.05) is 0 Å². The fraction of sp³-hybridized carbons (Fsp3) is 0.120. The number of methoxy groups -OCH3 is 1. The lowest BCUT2D eigenvalue weighted by atomic mass is 10.0. The molecule has 0 fully saturated rings. The Morgan fingerprint density at radius 3 is 2.26 bits per heavy atom. The Balaban J connectivity index is 1.53. The summed E-state index contributed by atoms with van der Waals surface area (Å²) in [5.41, 5.74) is 2.22. The normalized spacial score (nSPS) is 13.0. The Labute approximate surface area is 194 Å². The standard InChI is InChI=1S/C25H20N4O5/c1-34-19-11-9-18(10-12-19)29-23-20(22(26-29)25(32)33)13-15-28(24(23)31)17-7-5-16(6-8-17)27-14-3-2-4-21(27)30/h2-12,14H,13,15H2,1H3,(H,32,33). The Hall–Kier alpha value is -4.66. The zero-order valence-corrected chi connectivity index (χ0v) is 18.2. The van der Waals surface area contributed by atoms with Crippen molar-refractivity contribution in [3.8, 4) is 17.1 Å². The molecule has 0 spiro atoms. The number of aromatic carboxylic acids is 1. The molecule has 1 N–H and O–H groups in total. The first-order valence-corrected chi connectivity index (χ1v) is 10.6. The zero-order valence-electron chi connectivity index (χ0n) is 18.2. The van der Waals surface area contributed by atoms with Crippen molar-refractivity contribution >= 4 is 17.6 Å². The predicted octanol–water partition coefficient (Wildman–Crippen LogP) is 2.93. The summed E-state index contributed by atoms with van der Waals surface area (Å²) in [6, 6.07) is 18.9. The minimum Gasteiger partial charge on any atom is -0.497 e. The van der Waals surface area contributed by atoms with E-state index in [0.717, 1.165) is 0 Å². The molecular weight excluding hydrogens is 436 g/mol. The van der Waals surface area contributed by atoms with E-state index in [2.05, 4.69) is 5.10 Å². The number of rotatable bonds is 5. The van der Waals surface area contributed by atoms with Gasteiger partial charge in [0, 0.05) is 35.7 Å². The molecule has 3 heterocycles. The molecule has 1 amide bonds. The second kappa shape index (κ2) is 8.36. The van der Waals surface area contributed by atoms with Crippen molar-refractivity contribution in [3.63, 3.8) is 0 Å². The number of hydrogen-bond donors (Lipinski definition) is 1. The van der Waals surface area contributed by atoms with Gasteiger partial charge in [-0.3, -0.25) is 14.2 Å². The van der Waals surface area contributed by atoms with E-state index in [0.29, 0.717) is 41.3 Å². The van der Waals surface area contributed by atoms with Crippen LogP contribution in [0.5, 0.6) is 5.75 Å². The van der Waals surface area contributed by atoms with Crippen LogP contribution < -0.4 is 15.2 Å². The highest BCUT2D eigenvalue weighted by Crippen LogP contribution is 2.29. The highest BCUT2D eigenvalue weighted by molar-refractivity contribution is 6.09. The van der Waals surface area contributed by atoms with Crippen molar-refractivity contribution in [2.45, 2.75) is 6.42 Å². The van der Waals surface area contributed by atoms with Gasteiger partial charge < -0.3 is 14.7 Å². The van der Waals surface area contributed by atoms with E-state index < -0.39 is 5.97 Å². The van der Waals surface area contributed by atoms with Gasteiger partial charge in [0.2, 0.25) is 0 Å². The molecule has 4 aromatic rings. The molecule has 0 bridgehead atoms. The number of benzene rings is 2. The molecule has 0 atom stereocenters. The first-order valence-electron chi connectivity index (χ1n) is 10.6. The quantitative estimate of drug-likeness (QED) is 0.495.